The Hall–Kier alpha value is -2.16. The van der Waals surface area contributed by atoms with Crippen molar-refractivity contribution in [1.29, 1.82) is 0 Å². The molecule has 1 aromatic heterocycles. The fourth-order valence-corrected chi connectivity index (χ4v) is 1.22. The Morgan fingerprint density at radius 1 is 1.30 bits per heavy atom. The molecule has 0 saturated carbocycles. The average Bonchev–Trinajstić information content (AvgIpc) is 2.36. The minimum absolute atomic E-state index is 0.0335. The van der Waals surface area contributed by atoms with Crippen LogP contribution in [0, 0.1) is 0 Å². The number of amides is 1. The molecule has 0 fully saturated rings. The summed E-state index contributed by atoms with van der Waals surface area (Å²) < 4.78 is 10.4. The molecule has 20 heavy (non-hydrogen) atoms. The van der Waals surface area contributed by atoms with Gasteiger partial charge in [-0.05, 0) is 13.8 Å². The lowest BCUT2D eigenvalue weighted by Crippen LogP contribution is -2.21. The van der Waals surface area contributed by atoms with Crippen LogP contribution in [0.15, 0.2) is 0 Å². The van der Waals surface area contributed by atoms with Crippen molar-refractivity contribution in [2.45, 2.75) is 20.0 Å². The Morgan fingerprint density at radius 2 is 2.00 bits per heavy atom. The summed E-state index contributed by atoms with van der Waals surface area (Å²) in [5.41, 5.74) is 4.95. The second-order valence-electron chi connectivity index (χ2n) is 4.13. The van der Waals surface area contributed by atoms with Crippen LogP contribution in [0.1, 0.15) is 13.8 Å². The maximum absolute atomic E-state index is 10.5. The lowest BCUT2D eigenvalue weighted by atomic mass is 10.5. The number of anilines is 2. The van der Waals surface area contributed by atoms with E-state index in [2.05, 4.69) is 25.6 Å². The van der Waals surface area contributed by atoms with Gasteiger partial charge in [0.1, 0.15) is 6.61 Å². The molecule has 0 radical (unpaired) electrons. The Kier molecular flexibility index (Phi) is 6.44. The number of carbonyl (C=O) groups is 1. The molecule has 1 aromatic rings. The lowest BCUT2D eigenvalue weighted by Gasteiger charge is -2.11. The van der Waals surface area contributed by atoms with Gasteiger partial charge in [0.15, 0.2) is 0 Å². The standard InChI is InChI=1S/C11H20N6O3/c1-7(2)20-11-16-9(13-3)15-10(17-11)14-4-5-19-6-8(12)18/h7H,4-6H2,1-3H3,(H2,12,18)(H2,13,14,15,16,17). The van der Waals surface area contributed by atoms with E-state index in [1.807, 2.05) is 13.8 Å². The number of nitrogens with zero attached hydrogens (tertiary/aromatic N) is 3. The van der Waals surface area contributed by atoms with Gasteiger partial charge in [0.05, 0.1) is 12.7 Å². The van der Waals surface area contributed by atoms with E-state index in [9.17, 15) is 4.79 Å². The van der Waals surface area contributed by atoms with Crippen LogP contribution < -0.4 is 21.1 Å². The molecule has 0 atom stereocenters. The summed E-state index contributed by atoms with van der Waals surface area (Å²) >= 11 is 0. The number of hydrogen-bond donors (Lipinski definition) is 3. The molecule has 1 heterocycles. The van der Waals surface area contributed by atoms with Crippen molar-refractivity contribution in [3.05, 3.63) is 0 Å². The van der Waals surface area contributed by atoms with Crippen LogP contribution in [0.5, 0.6) is 6.01 Å². The maximum Gasteiger partial charge on any atom is 0.323 e. The van der Waals surface area contributed by atoms with Gasteiger partial charge in [0, 0.05) is 13.6 Å². The smallest absolute Gasteiger partial charge is 0.323 e. The second-order valence-corrected chi connectivity index (χ2v) is 4.13. The van der Waals surface area contributed by atoms with E-state index in [1.165, 1.54) is 0 Å². The van der Waals surface area contributed by atoms with Crippen molar-refractivity contribution < 1.29 is 14.3 Å². The zero-order valence-corrected chi connectivity index (χ0v) is 11.8. The van der Waals surface area contributed by atoms with Crippen LogP contribution in [0.2, 0.25) is 0 Å². The Labute approximate surface area is 117 Å². The Morgan fingerprint density at radius 3 is 2.60 bits per heavy atom. The van der Waals surface area contributed by atoms with Crippen molar-refractivity contribution in [1.82, 2.24) is 15.0 Å². The molecule has 112 valence electrons. The largest absolute Gasteiger partial charge is 0.461 e. The summed E-state index contributed by atoms with van der Waals surface area (Å²) in [5.74, 6) is 0.258. The third kappa shape index (κ3) is 6.14. The minimum atomic E-state index is -0.504. The van der Waals surface area contributed by atoms with Crippen LogP contribution in [0.4, 0.5) is 11.9 Å². The molecular weight excluding hydrogens is 264 g/mol. The fraction of sp³-hybridized carbons (Fsp3) is 0.636. The van der Waals surface area contributed by atoms with Gasteiger partial charge in [0.25, 0.3) is 0 Å². The van der Waals surface area contributed by atoms with Gasteiger partial charge < -0.3 is 25.8 Å². The van der Waals surface area contributed by atoms with Crippen LogP contribution in [-0.4, -0.2) is 53.8 Å². The van der Waals surface area contributed by atoms with Gasteiger partial charge in [-0.3, -0.25) is 4.79 Å². The highest BCUT2D eigenvalue weighted by atomic mass is 16.5. The summed E-state index contributed by atoms with van der Waals surface area (Å²) in [6.07, 6.45) is -0.0335. The quantitative estimate of drug-likeness (QED) is 0.524. The van der Waals surface area contributed by atoms with Gasteiger partial charge >= 0.3 is 6.01 Å². The first-order chi connectivity index (χ1) is 9.51. The molecule has 1 rings (SSSR count). The second kappa shape index (κ2) is 8.10. The van der Waals surface area contributed by atoms with Gasteiger partial charge in [-0.2, -0.15) is 15.0 Å². The SMILES string of the molecule is CNc1nc(NCCOCC(N)=O)nc(OC(C)C)n1. The molecular formula is C11H20N6O3. The first-order valence-corrected chi connectivity index (χ1v) is 6.21. The molecule has 0 aromatic carbocycles. The molecule has 1 amide bonds. The molecule has 0 spiro atoms. The number of nitrogens with one attached hydrogen (secondary N) is 2. The summed E-state index contributed by atoms with van der Waals surface area (Å²) in [7, 11) is 1.70. The summed E-state index contributed by atoms with van der Waals surface area (Å²) in [4.78, 5) is 22.8. The van der Waals surface area contributed by atoms with E-state index in [4.69, 9.17) is 15.2 Å². The van der Waals surface area contributed by atoms with E-state index < -0.39 is 5.91 Å². The maximum atomic E-state index is 10.5. The van der Waals surface area contributed by atoms with Gasteiger partial charge in [-0.25, -0.2) is 0 Å². The number of rotatable bonds is 9. The van der Waals surface area contributed by atoms with Crippen molar-refractivity contribution in [3.8, 4) is 6.01 Å². The molecule has 4 N–H and O–H groups in total. The molecule has 0 unspecified atom stereocenters. The summed E-state index contributed by atoms with van der Waals surface area (Å²) in [6.45, 7) is 4.40. The first kappa shape index (κ1) is 15.9. The zero-order valence-electron chi connectivity index (χ0n) is 11.8. The third-order valence-electron chi connectivity index (χ3n) is 1.95. The summed E-state index contributed by atoms with van der Waals surface area (Å²) in [6, 6.07) is 0.236. The Balaban J connectivity index is 2.53. The number of primary amides is 1. The van der Waals surface area contributed by atoms with Crippen molar-refractivity contribution in [2.24, 2.45) is 5.73 Å². The highest BCUT2D eigenvalue weighted by Gasteiger charge is 2.07. The normalized spacial score (nSPS) is 10.4. The monoisotopic (exact) mass is 284 g/mol. The molecule has 9 heteroatoms. The molecule has 0 aliphatic heterocycles. The van der Waals surface area contributed by atoms with E-state index in [0.29, 0.717) is 25.0 Å². The molecule has 0 saturated heterocycles. The number of hydrogen-bond acceptors (Lipinski definition) is 8. The molecule has 0 aliphatic carbocycles. The van der Waals surface area contributed by atoms with Gasteiger partial charge in [-0.1, -0.05) is 0 Å². The van der Waals surface area contributed by atoms with Crippen LogP contribution in [0.25, 0.3) is 0 Å². The minimum Gasteiger partial charge on any atom is -0.461 e. The number of ether oxygens (including phenoxy) is 2. The molecule has 9 nitrogen and oxygen atoms in total. The predicted octanol–water partition coefficient (Wildman–Crippen LogP) is -0.386. The van der Waals surface area contributed by atoms with Crippen molar-refractivity contribution in [3.63, 3.8) is 0 Å². The number of aromatic nitrogens is 3. The van der Waals surface area contributed by atoms with Crippen LogP contribution in [-0.2, 0) is 9.53 Å². The highest BCUT2D eigenvalue weighted by molar-refractivity contribution is 5.74. The Bertz CT molecular complexity index is 440. The third-order valence-corrected chi connectivity index (χ3v) is 1.95. The predicted molar refractivity (Wildman–Crippen MR) is 73.6 cm³/mol. The first-order valence-electron chi connectivity index (χ1n) is 6.21. The van der Waals surface area contributed by atoms with E-state index in [-0.39, 0.29) is 18.7 Å². The highest BCUT2D eigenvalue weighted by Crippen LogP contribution is 2.11. The lowest BCUT2D eigenvalue weighted by molar-refractivity contribution is -0.122. The van der Waals surface area contributed by atoms with Crippen molar-refractivity contribution in [2.75, 3.05) is 37.4 Å². The van der Waals surface area contributed by atoms with E-state index >= 15 is 0 Å². The molecule has 0 bridgehead atoms. The van der Waals surface area contributed by atoms with Crippen LogP contribution >= 0.6 is 0 Å². The zero-order chi connectivity index (χ0) is 15.0. The topological polar surface area (TPSA) is 124 Å². The van der Waals surface area contributed by atoms with Gasteiger partial charge in [-0.15, -0.1) is 0 Å². The van der Waals surface area contributed by atoms with E-state index in [0.717, 1.165) is 0 Å². The number of nitrogens with two attached hydrogens (primary N) is 1. The fourth-order valence-electron chi connectivity index (χ4n) is 1.22. The number of carbonyl (C=O) groups excluding carboxylic acids is 1. The van der Waals surface area contributed by atoms with Gasteiger partial charge in [0.2, 0.25) is 17.8 Å². The molecule has 0 aliphatic rings. The average molecular weight is 284 g/mol. The summed E-state index contributed by atoms with van der Waals surface area (Å²) in [5, 5.41) is 5.77. The van der Waals surface area contributed by atoms with E-state index in [1.54, 1.807) is 7.05 Å². The van der Waals surface area contributed by atoms with Crippen LogP contribution in [0.3, 0.4) is 0 Å². The van der Waals surface area contributed by atoms with Crippen molar-refractivity contribution >= 4 is 17.8 Å².